The summed E-state index contributed by atoms with van der Waals surface area (Å²) in [7, 11) is 10.7. The number of unbranched alkanes of at least 4 members (excludes halogenated alkanes) is 2. The Morgan fingerprint density at radius 1 is 0.475 bits per heavy atom. The SMILES string of the molecule is CCCN(C)c1ccc(CCCC[C@@H]2c3ccc(OCOC)cc3OC[C@]2(C)c2ccc(OCOC)cc2)cc1.COCOc1ccc([C@@]2(C)COc3cc(OCOC)ccc3[C@H]2CCCCc2ccc(N(C)CCO)cc2)cc1. The lowest BCUT2D eigenvalue weighted by molar-refractivity contribution is 0.0504. The monoisotopic (exact) mass is 1100 g/mol. The molecule has 0 bridgehead atoms. The van der Waals surface area contributed by atoms with Crippen molar-refractivity contribution >= 4 is 11.4 Å². The molecule has 0 aromatic heterocycles. The molecule has 8 rings (SSSR count). The van der Waals surface area contributed by atoms with Crippen LogP contribution in [0.5, 0.6) is 34.5 Å². The quantitative estimate of drug-likeness (QED) is 0.0341. The first-order valence-corrected chi connectivity index (χ1v) is 28.4. The third-order valence-electron chi connectivity index (χ3n) is 15.9. The van der Waals surface area contributed by atoms with Gasteiger partial charge in [-0.25, -0.2) is 0 Å². The van der Waals surface area contributed by atoms with Crippen LogP contribution in [0.3, 0.4) is 0 Å². The predicted octanol–water partition coefficient (Wildman–Crippen LogP) is 13.3. The van der Waals surface area contributed by atoms with Crippen molar-refractivity contribution in [1.29, 1.82) is 0 Å². The molecule has 80 heavy (non-hydrogen) atoms. The van der Waals surface area contributed by atoms with Crippen LogP contribution in [-0.4, -0.2) is 108 Å². The summed E-state index contributed by atoms with van der Waals surface area (Å²) >= 11 is 0. The van der Waals surface area contributed by atoms with Crippen molar-refractivity contribution in [3.8, 4) is 34.5 Å². The van der Waals surface area contributed by atoms with Gasteiger partial charge in [-0.15, -0.1) is 0 Å². The van der Waals surface area contributed by atoms with Gasteiger partial charge in [-0.05, 0) is 139 Å². The Kier molecular flexibility index (Phi) is 23.6. The van der Waals surface area contributed by atoms with Gasteiger partial charge < -0.3 is 62.3 Å². The van der Waals surface area contributed by atoms with Crippen LogP contribution in [0.2, 0.25) is 0 Å². The maximum Gasteiger partial charge on any atom is 0.188 e. The highest BCUT2D eigenvalue weighted by Crippen LogP contribution is 2.51. The van der Waals surface area contributed by atoms with Crippen molar-refractivity contribution in [3.05, 3.63) is 167 Å². The summed E-state index contributed by atoms with van der Waals surface area (Å²) in [5.74, 6) is 5.48. The van der Waals surface area contributed by atoms with Gasteiger partial charge in [0.2, 0.25) is 0 Å². The minimum absolute atomic E-state index is 0.153. The van der Waals surface area contributed by atoms with Gasteiger partial charge in [0.1, 0.15) is 34.5 Å². The number of hydrogen-bond acceptors (Lipinski definition) is 13. The van der Waals surface area contributed by atoms with Crippen molar-refractivity contribution in [2.24, 2.45) is 0 Å². The third-order valence-corrected chi connectivity index (χ3v) is 15.9. The van der Waals surface area contributed by atoms with Crippen molar-refractivity contribution in [3.63, 3.8) is 0 Å². The van der Waals surface area contributed by atoms with E-state index in [4.69, 9.17) is 47.4 Å². The second-order valence-corrected chi connectivity index (χ2v) is 21.6. The lowest BCUT2D eigenvalue weighted by Crippen LogP contribution is -2.40. The Morgan fingerprint density at radius 2 is 0.838 bits per heavy atom. The Labute approximate surface area is 476 Å². The number of nitrogens with zero attached hydrogens (tertiary/aromatic N) is 2. The lowest BCUT2D eigenvalue weighted by atomic mass is 9.66. The summed E-state index contributed by atoms with van der Waals surface area (Å²) in [4.78, 5) is 4.38. The van der Waals surface area contributed by atoms with Gasteiger partial charge in [0, 0.05) is 102 Å². The largest absolute Gasteiger partial charge is 0.492 e. The molecule has 6 aromatic carbocycles. The maximum absolute atomic E-state index is 9.19. The fraction of sp³-hybridized carbons (Fsp3) is 0.463. The first-order valence-electron chi connectivity index (χ1n) is 28.4. The fourth-order valence-corrected chi connectivity index (χ4v) is 11.2. The standard InChI is InChI=1S/C34H45NO5.C33H43NO6/c1-6-21-35(3)28-15-11-26(12-16-28)9-7-8-10-32-31-20-19-30(40-25-37-5)22-33(31)38-23-34(32,2)27-13-17-29(18-14-27)39-24-36-4;1-33(26-11-15-28(16-12-26)39-23-36-3)22-38-32-21-29(40-24-37-4)17-18-30(32)31(33)8-6-5-7-25-9-13-27(14-10-25)34(2)19-20-35/h11-20,22,32H,6-10,21,23-25H2,1-5H3;9-18,21,31,35H,5-8,19-20,22-24H2,1-4H3/t32-,34-;31-,33-/m11/s1. The number of ether oxygens (including phenoxy) is 10. The highest BCUT2D eigenvalue weighted by molar-refractivity contribution is 5.51. The molecule has 6 aromatic rings. The van der Waals surface area contributed by atoms with Crippen LogP contribution >= 0.6 is 0 Å². The molecule has 13 heteroatoms. The molecule has 2 aliphatic rings. The zero-order valence-electron chi connectivity index (χ0n) is 49.0. The normalized spacial score (nSPS) is 18.1. The Bertz CT molecular complexity index is 2550. The predicted molar refractivity (Wildman–Crippen MR) is 319 cm³/mol. The van der Waals surface area contributed by atoms with Gasteiger partial charge in [-0.3, -0.25) is 0 Å². The molecule has 432 valence electrons. The summed E-state index contributed by atoms with van der Waals surface area (Å²) in [6, 6.07) is 46.8. The zero-order valence-corrected chi connectivity index (χ0v) is 49.0. The second-order valence-electron chi connectivity index (χ2n) is 21.6. The van der Waals surface area contributed by atoms with Crippen molar-refractivity contribution in [2.45, 2.75) is 101 Å². The number of benzene rings is 6. The number of aryl methyl sites for hydroxylation is 2. The van der Waals surface area contributed by atoms with E-state index in [1.54, 1.807) is 28.4 Å². The van der Waals surface area contributed by atoms with Crippen LogP contribution in [0, 0.1) is 0 Å². The van der Waals surface area contributed by atoms with Gasteiger partial charge >= 0.3 is 0 Å². The van der Waals surface area contributed by atoms with Crippen LogP contribution in [0.15, 0.2) is 133 Å². The smallest absolute Gasteiger partial charge is 0.188 e. The van der Waals surface area contributed by atoms with Crippen molar-refractivity contribution < 1.29 is 52.5 Å². The summed E-state index contributed by atoms with van der Waals surface area (Å²) in [6.45, 7) is 10.8. The minimum atomic E-state index is -0.194. The Morgan fingerprint density at radius 3 is 1.20 bits per heavy atom. The number of aliphatic hydroxyl groups is 1. The summed E-state index contributed by atoms with van der Waals surface area (Å²) < 4.78 is 55.6. The minimum Gasteiger partial charge on any atom is -0.492 e. The van der Waals surface area contributed by atoms with E-state index < -0.39 is 0 Å². The third kappa shape index (κ3) is 16.3. The number of rotatable bonds is 30. The first-order chi connectivity index (χ1) is 39.0. The van der Waals surface area contributed by atoms with Crippen LogP contribution in [0.1, 0.15) is 111 Å². The highest BCUT2D eigenvalue weighted by atomic mass is 16.7. The molecule has 13 nitrogen and oxygen atoms in total. The number of fused-ring (bicyclic) bond motifs is 2. The molecular formula is C67H88N2O11. The van der Waals surface area contributed by atoms with Crippen molar-refractivity contribution in [2.75, 3.05) is 112 Å². The maximum atomic E-state index is 9.19. The van der Waals surface area contributed by atoms with E-state index in [0.29, 0.717) is 25.7 Å². The van der Waals surface area contributed by atoms with Gasteiger partial charge in [-0.1, -0.05) is 94.3 Å². The first kappa shape index (κ1) is 61.1. The number of likely N-dealkylation sites (N-methyl/N-ethyl adjacent to an activating group) is 1. The fourth-order valence-electron chi connectivity index (χ4n) is 11.2. The summed E-state index contributed by atoms with van der Waals surface area (Å²) in [5, 5.41) is 9.19. The molecule has 2 heterocycles. The van der Waals surface area contributed by atoms with E-state index in [1.807, 2.05) is 55.6 Å². The van der Waals surface area contributed by atoms with Crippen LogP contribution in [-0.2, 0) is 42.6 Å². The number of anilines is 2. The Balaban J connectivity index is 0.000000231. The van der Waals surface area contributed by atoms with Gasteiger partial charge in [-0.2, -0.15) is 0 Å². The average molecular weight is 1100 g/mol. The molecule has 0 saturated heterocycles. The Hall–Kier alpha value is -6.48. The molecule has 0 amide bonds. The molecule has 0 radical (unpaired) electrons. The number of methoxy groups -OCH3 is 4. The molecule has 0 fully saturated rings. The van der Waals surface area contributed by atoms with E-state index in [2.05, 4.69) is 123 Å². The van der Waals surface area contributed by atoms with E-state index in [0.717, 1.165) is 105 Å². The molecule has 0 unspecified atom stereocenters. The van der Waals surface area contributed by atoms with E-state index in [9.17, 15) is 5.11 Å². The van der Waals surface area contributed by atoms with Gasteiger partial charge in [0.25, 0.3) is 0 Å². The van der Waals surface area contributed by atoms with Crippen LogP contribution in [0.25, 0.3) is 0 Å². The zero-order chi connectivity index (χ0) is 56.7. The topological polar surface area (TPSA) is 119 Å². The van der Waals surface area contributed by atoms with Crippen molar-refractivity contribution in [1.82, 2.24) is 0 Å². The molecule has 1 N–H and O–H groups in total. The highest BCUT2D eigenvalue weighted by Gasteiger charge is 2.44. The van der Waals surface area contributed by atoms with Crippen LogP contribution in [0.4, 0.5) is 11.4 Å². The van der Waals surface area contributed by atoms with Crippen LogP contribution < -0.4 is 38.2 Å². The molecule has 2 aliphatic heterocycles. The van der Waals surface area contributed by atoms with E-state index in [-0.39, 0.29) is 50.5 Å². The molecule has 0 aliphatic carbocycles. The van der Waals surface area contributed by atoms with E-state index >= 15 is 0 Å². The number of hydrogen-bond donors (Lipinski definition) is 1. The molecular weight excluding hydrogens is 1010 g/mol. The second kappa shape index (κ2) is 30.9. The van der Waals surface area contributed by atoms with Gasteiger partial charge in [0.05, 0.1) is 19.8 Å². The molecule has 4 atom stereocenters. The summed E-state index contributed by atoms with van der Waals surface area (Å²) in [5.41, 5.74) is 9.71. The molecule has 0 spiro atoms. The lowest BCUT2D eigenvalue weighted by Gasteiger charge is -2.43. The average Bonchev–Trinajstić information content (AvgIpc) is 3.48. The van der Waals surface area contributed by atoms with E-state index in [1.165, 1.54) is 39.1 Å². The molecule has 0 saturated carbocycles. The summed E-state index contributed by atoms with van der Waals surface area (Å²) in [6.07, 6.45) is 9.87. The number of aliphatic hydroxyl groups excluding tert-OH is 1. The van der Waals surface area contributed by atoms with Gasteiger partial charge in [0.15, 0.2) is 27.2 Å².